The number of anilines is 1. The zero-order valence-electron chi connectivity index (χ0n) is 9.52. The van der Waals surface area contributed by atoms with Crippen molar-refractivity contribution in [2.75, 3.05) is 5.32 Å². The highest BCUT2D eigenvalue weighted by Gasteiger charge is 2.10. The molecule has 0 fully saturated rings. The fourth-order valence-electron chi connectivity index (χ4n) is 1.41. The van der Waals surface area contributed by atoms with E-state index in [1.54, 1.807) is 6.07 Å². The van der Waals surface area contributed by atoms with Crippen LogP contribution in [0.2, 0.25) is 5.02 Å². The number of pyridine rings is 1. The minimum Gasteiger partial charge on any atom is -0.319 e. The number of aromatic nitrogens is 1. The number of rotatable bonds is 2. The summed E-state index contributed by atoms with van der Waals surface area (Å²) >= 11 is 5.66. The maximum atomic E-state index is 12.9. The van der Waals surface area contributed by atoms with Crippen LogP contribution >= 0.6 is 11.6 Å². The Bertz CT molecular complexity index is 665. The van der Waals surface area contributed by atoms with Gasteiger partial charge in [0.05, 0.1) is 16.3 Å². The lowest BCUT2D eigenvalue weighted by Crippen LogP contribution is -2.14. The van der Waals surface area contributed by atoms with Gasteiger partial charge in [-0.15, -0.1) is 0 Å². The van der Waals surface area contributed by atoms with Crippen LogP contribution in [0.1, 0.15) is 16.1 Å². The molecule has 0 saturated carbocycles. The van der Waals surface area contributed by atoms with Crippen LogP contribution in [-0.4, -0.2) is 10.9 Å². The summed E-state index contributed by atoms with van der Waals surface area (Å²) in [7, 11) is 0. The minimum atomic E-state index is -0.542. The molecule has 0 aliphatic carbocycles. The topological polar surface area (TPSA) is 65.8 Å². The van der Waals surface area contributed by atoms with Crippen LogP contribution in [0.25, 0.3) is 0 Å². The van der Waals surface area contributed by atoms with Gasteiger partial charge in [0, 0.05) is 6.20 Å². The second-order valence-corrected chi connectivity index (χ2v) is 4.05. The summed E-state index contributed by atoms with van der Waals surface area (Å²) < 4.78 is 12.9. The number of hydrogen-bond acceptors (Lipinski definition) is 3. The third kappa shape index (κ3) is 3.06. The van der Waals surface area contributed by atoms with Crippen molar-refractivity contribution in [3.05, 3.63) is 58.6 Å². The minimum absolute atomic E-state index is 0.0438. The molecule has 1 N–H and O–H groups in total. The van der Waals surface area contributed by atoms with Gasteiger partial charge in [0.1, 0.15) is 17.6 Å². The molecule has 0 unspecified atom stereocenters. The molecule has 6 heteroatoms. The molecule has 2 rings (SSSR count). The van der Waals surface area contributed by atoms with E-state index in [1.165, 1.54) is 24.4 Å². The van der Waals surface area contributed by atoms with Gasteiger partial charge in [-0.3, -0.25) is 4.79 Å². The zero-order chi connectivity index (χ0) is 13.8. The Morgan fingerprint density at radius 1 is 1.37 bits per heavy atom. The molecule has 0 bridgehead atoms. The van der Waals surface area contributed by atoms with E-state index >= 15 is 0 Å². The quantitative estimate of drug-likeness (QED) is 0.916. The average molecular weight is 276 g/mol. The normalized spacial score (nSPS) is 9.74. The van der Waals surface area contributed by atoms with Gasteiger partial charge in [-0.2, -0.15) is 5.26 Å². The van der Waals surface area contributed by atoms with E-state index in [1.807, 2.05) is 0 Å². The van der Waals surface area contributed by atoms with E-state index in [4.69, 9.17) is 16.9 Å². The van der Waals surface area contributed by atoms with Gasteiger partial charge in [-0.1, -0.05) is 11.6 Å². The van der Waals surface area contributed by atoms with Crippen molar-refractivity contribution in [2.24, 2.45) is 0 Å². The highest BCUT2D eigenvalue weighted by atomic mass is 35.5. The number of nitrogens with zero attached hydrogens (tertiary/aromatic N) is 2. The standard InChI is InChI=1S/C13H7ClFN3O/c14-9-1-3-12(17-7-9)13(19)18-11-4-2-10(15)5-8(11)6-16/h1-5,7H,(H,18,19). The van der Waals surface area contributed by atoms with Gasteiger partial charge in [-0.25, -0.2) is 9.37 Å². The van der Waals surface area contributed by atoms with E-state index in [0.29, 0.717) is 5.02 Å². The number of nitriles is 1. The second kappa shape index (κ2) is 5.46. The van der Waals surface area contributed by atoms with Crippen molar-refractivity contribution < 1.29 is 9.18 Å². The molecule has 94 valence electrons. The largest absolute Gasteiger partial charge is 0.319 e. The molecule has 1 amide bonds. The highest BCUT2D eigenvalue weighted by molar-refractivity contribution is 6.30. The zero-order valence-corrected chi connectivity index (χ0v) is 10.3. The predicted molar refractivity (Wildman–Crippen MR) is 68.3 cm³/mol. The summed E-state index contributed by atoms with van der Waals surface area (Å²) in [5.41, 5.74) is 0.422. The van der Waals surface area contributed by atoms with E-state index < -0.39 is 11.7 Å². The molecule has 0 aliphatic rings. The van der Waals surface area contributed by atoms with Crippen molar-refractivity contribution in [3.63, 3.8) is 0 Å². The van der Waals surface area contributed by atoms with Crippen LogP contribution in [0, 0.1) is 17.1 Å². The van der Waals surface area contributed by atoms with Crippen molar-refractivity contribution in [1.82, 2.24) is 4.98 Å². The van der Waals surface area contributed by atoms with Crippen LogP contribution < -0.4 is 5.32 Å². The van der Waals surface area contributed by atoms with E-state index in [-0.39, 0.29) is 16.9 Å². The number of amides is 1. The van der Waals surface area contributed by atoms with Crippen LogP contribution in [0.5, 0.6) is 0 Å². The molecule has 0 spiro atoms. The summed E-state index contributed by atoms with van der Waals surface area (Å²) in [6, 6.07) is 8.31. The van der Waals surface area contributed by atoms with Crippen molar-refractivity contribution >= 4 is 23.2 Å². The molecule has 0 radical (unpaired) electrons. The van der Waals surface area contributed by atoms with Gasteiger partial charge < -0.3 is 5.32 Å². The van der Waals surface area contributed by atoms with Crippen molar-refractivity contribution in [3.8, 4) is 6.07 Å². The summed E-state index contributed by atoms with van der Waals surface area (Å²) in [5.74, 6) is -1.04. The number of benzene rings is 1. The lowest BCUT2D eigenvalue weighted by molar-refractivity contribution is 0.102. The SMILES string of the molecule is N#Cc1cc(F)ccc1NC(=O)c1ccc(Cl)cn1. The summed E-state index contributed by atoms with van der Waals surface area (Å²) in [6.45, 7) is 0. The van der Waals surface area contributed by atoms with Crippen LogP contribution in [0.15, 0.2) is 36.5 Å². The smallest absolute Gasteiger partial charge is 0.274 e. The Morgan fingerprint density at radius 3 is 2.79 bits per heavy atom. The third-order valence-corrected chi connectivity index (χ3v) is 2.53. The molecule has 4 nitrogen and oxygen atoms in total. The lowest BCUT2D eigenvalue weighted by Gasteiger charge is -2.06. The maximum absolute atomic E-state index is 12.9. The molecular weight excluding hydrogens is 269 g/mol. The van der Waals surface area contributed by atoms with Crippen LogP contribution in [0.3, 0.4) is 0 Å². The van der Waals surface area contributed by atoms with Crippen molar-refractivity contribution in [2.45, 2.75) is 0 Å². The molecular formula is C13H7ClFN3O. The molecule has 0 aliphatic heterocycles. The van der Waals surface area contributed by atoms with Gasteiger partial charge in [0.25, 0.3) is 5.91 Å². The first-order chi connectivity index (χ1) is 9.10. The average Bonchev–Trinajstić information content (AvgIpc) is 2.41. The predicted octanol–water partition coefficient (Wildman–Crippen LogP) is 3.00. The van der Waals surface area contributed by atoms with Gasteiger partial charge >= 0.3 is 0 Å². The third-order valence-electron chi connectivity index (χ3n) is 2.31. The number of carbonyl (C=O) groups is 1. The Hall–Kier alpha value is -2.45. The summed E-state index contributed by atoms with van der Waals surface area (Å²) in [5, 5.41) is 11.8. The highest BCUT2D eigenvalue weighted by Crippen LogP contribution is 2.17. The molecule has 0 atom stereocenters. The van der Waals surface area contributed by atoms with Crippen LogP contribution in [0.4, 0.5) is 10.1 Å². The first-order valence-corrected chi connectivity index (χ1v) is 5.60. The fraction of sp³-hybridized carbons (Fsp3) is 0. The Labute approximate surface area is 113 Å². The molecule has 0 saturated heterocycles. The number of carbonyl (C=O) groups excluding carboxylic acids is 1. The first-order valence-electron chi connectivity index (χ1n) is 5.22. The molecule has 1 aromatic heterocycles. The summed E-state index contributed by atoms with van der Waals surface area (Å²) in [6.07, 6.45) is 1.34. The van der Waals surface area contributed by atoms with E-state index in [0.717, 1.165) is 12.1 Å². The second-order valence-electron chi connectivity index (χ2n) is 3.62. The maximum Gasteiger partial charge on any atom is 0.274 e. The van der Waals surface area contributed by atoms with Gasteiger partial charge in [0.15, 0.2) is 0 Å². The van der Waals surface area contributed by atoms with Gasteiger partial charge in [0.2, 0.25) is 0 Å². The summed E-state index contributed by atoms with van der Waals surface area (Å²) in [4.78, 5) is 15.7. The Kier molecular flexibility index (Phi) is 3.74. The Morgan fingerprint density at radius 2 is 2.16 bits per heavy atom. The molecule has 1 aromatic carbocycles. The number of nitrogens with one attached hydrogen (secondary N) is 1. The first kappa shape index (κ1) is 13.0. The fourth-order valence-corrected chi connectivity index (χ4v) is 1.53. The molecule has 1 heterocycles. The Balaban J connectivity index is 2.24. The number of hydrogen-bond donors (Lipinski definition) is 1. The molecule has 19 heavy (non-hydrogen) atoms. The monoisotopic (exact) mass is 275 g/mol. The van der Waals surface area contributed by atoms with E-state index in [9.17, 15) is 9.18 Å². The number of halogens is 2. The lowest BCUT2D eigenvalue weighted by atomic mass is 10.2. The van der Waals surface area contributed by atoms with Crippen LogP contribution in [-0.2, 0) is 0 Å². The van der Waals surface area contributed by atoms with E-state index in [2.05, 4.69) is 10.3 Å². The van der Waals surface area contributed by atoms with Crippen molar-refractivity contribution in [1.29, 1.82) is 5.26 Å². The molecule has 2 aromatic rings. The van der Waals surface area contributed by atoms with Gasteiger partial charge in [-0.05, 0) is 30.3 Å².